The van der Waals surface area contributed by atoms with Crippen LogP contribution in [0, 0.1) is 0 Å². The van der Waals surface area contributed by atoms with Gasteiger partial charge in [0.1, 0.15) is 5.76 Å². The van der Waals surface area contributed by atoms with Gasteiger partial charge >= 0.3 is 0 Å². The number of ether oxygens (including phenoxy) is 1. The van der Waals surface area contributed by atoms with Gasteiger partial charge in [0, 0.05) is 29.1 Å². The maximum atomic E-state index is 12.2. The third kappa shape index (κ3) is 2.64. The number of ketones is 2. The summed E-state index contributed by atoms with van der Waals surface area (Å²) < 4.78 is 5.37. The molecule has 0 radical (unpaired) electrons. The van der Waals surface area contributed by atoms with Crippen LogP contribution < -0.4 is 0 Å². The van der Waals surface area contributed by atoms with Crippen molar-refractivity contribution in [2.24, 2.45) is 0 Å². The van der Waals surface area contributed by atoms with E-state index in [1.165, 1.54) is 13.3 Å². The molecule has 106 valence electrons. The molecule has 0 aliphatic heterocycles. The van der Waals surface area contributed by atoms with E-state index in [1.54, 1.807) is 12.3 Å². The lowest BCUT2D eigenvalue weighted by Gasteiger charge is -2.20. The number of nitrogens with zero attached hydrogens (tertiary/aromatic N) is 1. The molecule has 0 unspecified atom stereocenters. The van der Waals surface area contributed by atoms with Gasteiger partial charge in [0.2, 0.25) is 11.6 Å². The number of allylic oxidation sites excluding steroid dienone is 1. The highest BCUT2D eigenvalue weighted by molar-refractivity contribution is 6.52. The maximum Gasteiger partial charge on any atom is 0.234 e. The van der Waals surface area contributed by atoms with Gasteiger partial charge in [-0.05, 0) is 18.9 Å². The number of methoxy groups -OCH3 is 1. The third-order valence-electron chi connectivity index (χ3n) is 3.55. The fourth-order valence-corrected chi connectivity index (χ4v) is 2.49. The van der Waals surface area contributed by atoms with Crippen LogP contribution in [0.25, 0.3) is 5.76 Å². The van der Waals surface area contributed by atoms with Gasteiger partial charge in [-0.3, -0.25) is 14.6 Å². The van der Waals surface area contributed by atoms with Crippen molar-refractivity contribution in [1.82, 2.24) is 4.98 Å². The van der Waals surface area contributed by atoms with Gasteiger partial charge in [0.05, 0.1) is 7.11 Å². The fraction of sp³-hybridized carbons (Fsp3) is 0.438. The minimum Gasteiger partial charge on any atom is -0.496 e. The molecule has 0 atom stereocenters. The van der Waals surface area contributed by atoms with E-state index < -0.39 is 11.6 Å². The van der Waals surface area contributed by atoms with Crippen molar-refractivity contribution >= 4 is 17.3 Å². The summed E-state index contributed by atoms with van der Waals surface area (Å²) in [4.78, 5) is 28.3. The van der Waals surface area contributed by atoms with E-state index in [-0.39, 0.29) is 0 Å². The first-order chi connectivity index (χ1) is 9.70. The van der Waals surface area contributed by atoms with E-state index in [0.717, 1.165) is 25.7 Å². The second-order valence-electron chi connectivity index (χ2n) is 4.90. The molecule has 0 aromatic carbocycles. The summed E-state index contributed by atoms with van der Waals surface area (Å²) in [5.74, 6) is -0.375. The Bertz CT molecular complexity index is 561. The molecule has 20 heavy (non-hydrogen) atoms. The van der Waals surface area contributed by atoms with Gasteiger partial charge < -0.3 is 4.74 Å². The smallest absolute Gasteiger partial charge is 0.234 e. The molecule has 0 spiro atoms. The fourth-order valence-electron chi connectivity index (χ4n) is 2.49. The van der Waals surface area contributed by atoms with Crippen LogP contribution in [0.15, 0.2) is 24.0 Å². The summed E-state index contributed by atoms with van der Waals surface area (Å²) in [7, 11) is 1.53. The van der Waals surface area contributed by atoms with E-state index in [2.05, 4.69) is 11.9 Å². The number of unbranched alkanes of at least 4 members (excludes halogenated alkanes) is 3. The molecule has 0 N–H and O–H groups in total. The van der Waals surface area contributed by atoms with Crippen molar-refractivity contribution in [3.63, 3.8) is 0 Å². The lowest BCUT2D eigenvalue weighted by Crippen LogP contribution is -2.24. The lowest BCUT2D eigenvalue weighted by molar-refractivity contribution is -0.112. The second kappa shape index (κ2) is 6.46. The first-order valence-corrected chi connectivity index (χ1v) is 7.01. The molecule has 4 nitrogen and oxygen atoms in total. The van der Waals surface area contributed by atoms with Gasteiger partial charge in [-0.1, -0.05) is 26.2 Å². The molecule has 0 saturated heterocycles. The van der Waals surface area contributed by atoms with Crippen LogP contribution in [0.4, 0.5) is 0 Å². The highest BCUT2D eigenvalue weighted by Gasteiger charge is 2.33. The van der Waals surface area contributed by atoms with E-state index >= 15 is 0 Å². The summed E-state index contributed by atoms with van der Waals surface area (Å²) in [6.07, 6.45) is 7.91. The maximum absolute atomic E-state index is 12.2. The number of rotatable bonds is 6. The van der Waals surface area contributed by atoms with Gasteiger partial charge in [0.15, 0.2) is 0 Å². The Labute approximate surface area is 118 Å². The molecule has 2 rings (SSSR count). The lowest BCUT2D eigenvalue weighted by atomic mass is 9.87. The standard InChI is InChI=1S/C16H19NO3/c1-3-4-5-6-7-12-15(19)14(18)11-8-9-17-10-13(11)16(12)20-2/h8-10H,3-7H2,1-2H3. The van der Waals surface area contributed by atoms with Crippen molar-refractivity contribution in [3.8, 4) is 0 Å². The van der Waals surface area contributed by atoms with Crippen LogP contribution in [-0.4, -0.2) is 23.7 Å². The first-order valence-electron chi connectivity index (χ1n) is 7.01. The second-order valence-corrected chi connectivity index (χ2v) is 4.90. The molecule has 0 amide bonds. The van der Waals surface area contributed by atoms with Crippen LogP contribution in [0.5, 0.6) is 0 Å². The SMILES string of the molecule is CCCCCCC1=C(OC)c2cnccc2C(=O)C1=O. The van der Waals surface area contributed by atoms with E-state index in [9.17, 15) is 9.59 Å². The normalized spacial score (nSPS) is 14.5. The van der Waals surface area contributed by atoms with Crippen molar-refractivity contribution in [2.75, 3.05) is 7.11 Å². The highest BCUT2D eigenvalue weighted by Crippen LogP contribution is 2.31. The summed E-state index contributed by atoms with van der Waals surface area (Å²) in [5.41, 5.74) is 1.51. The van der Waals surface area contributed by atoms with E-state index in [0.29, 0.717) is 28.9 Å². The van der Waals surface area contributed by atoms with Gasteiger partial charge in [0.25, 0.3) is 0 Å². The molecular formula is C16H19NO3. The minimum absolute atomic E-state index is 0.388. The largest absolute Gasteiger partial charge is 0.496 e. The molecule has 0 saturated carbocycles. The zero-order valence-corrected chi connectivity index (χ0v) is 11.9. The van der Waals surface area contributed by atoms with Crippen LogP contribution in [0.1, 0.15) is 54.9 Å². The van der Waals surface area contributed by atoms with Crippen LogP contribution in [-0.2, 0) is 9.53 Å². The number of Topliss-reactive ketones (excluding diaryl/α,β-unsaturated/α-hetero) is 2. The average molecular weight is 273 g/mol. The Balaban J connectivity index is 2.33. The number of aromatic nitrogens is 1. The summed E-state index contributed by atoms with van der Waals surface area (Å²) >= 11 is 0. The molecule has 0 fully saturated rings. The molecule has 1 aromatic heterocycles. The number of hydrogen-bond donors (Lipinski definition) is 0. The predicted octanol–water partition coefficient (Wildman–Crippen LogP) is 3.17. The van der Waals surface area contributed by atoms with Crippen molar-refractivity contribution in [1.29, 1.82) is 0 Å². The monoisotopic (exact) mass is 273 g/mol. The highest BCUT2D eigenvalue weighted by atomic mass is 16.5. The van der Waals surface area contributed by atoms with E-state index in [4.69, 9.17) is 4.74 Å². The quantitative estimate of drug-likeness (QED) is 0.590. The zero-order valence-electron chi connectivity index (χ0n) is 11.9. The van der Waals surface area contributed by atoms with Gasteiger partial charge in [-0.25, -0.2) is 0 Å². The summed E-state index contributed by atoms with van der Waals surface area (Å²) in [5, 5.41) is 0. The van der Waals surface area contributed by atoms with Gasteiger partial charge in [-0.15, -0.1) is 0 Å². The molecular weight excluding hydrogens is 254 g/mol. The third-order valence-corrected chi connectivity index (χ3v) is 3.55. The minimum atomic E-state index is -0.450. The molecule has 1 aliphatic rings. The van der Waals surface area contributed by atoms with Crippen LogP contribution in [0.2, 0.25) is 0 Å². The number of carbonyl (C=O) groups is 2. The van der Waals surface area contributed by atoms with Crippen molar-refractivity contribution in [3.05, 3.63) is 35.2 Å². The summed E-state index contributed by atoms with van der Waals surface area (Å²) in [6, 6.07) is 1.57. The van der Waals surface area contributed by atoms with Crippen molar-refractivity contribution in [2.45, 2.75) is 39.0 Å². The zero-order chi connectivity index (χ0) is 14.5. The Morgan fingerprint density at radius 3 is 2.60 bits per heavy atom. The van der Waals surface area contributed by atoms with Crippen LogP contribution >= 0.6 is 0 Å². The van der Waals surface area contributed by atoms with Crippen LogP contribution in [0.3, 0.4) is 0 Å². The molecule has 4 heteroatoms. The number of pyridine rings is 1. The molecule has 0 bridgehead atoms. The number of hydrogen-bond acceptors (Lipinski definition) is 4. The molecule has 1 aromatic rings. The Morgan fingerprint density at radius 1 is 1.10 bits per heavy atom. The Kier molecular flexibility index (Phi) is 4.66. The Morgan fingerprint density at radius 2 is 1.90 bits per heavy atom. The molecule has 1 heterocycles. The Hall–Kier alpha value is -1.97. The predicted molar refractivity (Wildman–Crippen MR) is 76.3 cm³/mol. The number of carbonyl (C=O) groups excluding carboxylic acids is 2. The summed E-state index contributed by atoms with van der Waals surface area (Å²) in [6.45, 7) is 2.14. The molecule has 1 aliphatic carbocycles. The van der Waals surface area contributed by atoms with Gasteiger partial charge in [-0.2, -0.15) is 0 Å². The van der Waals surface area contributed by atoms with E-state index in [1.807, 2.05) is 0 Å². The number of fused-ring (bicyclic) bond motifs is 1. The average Bonchev–Trinajstić information content (AvgIpc) is 2.48. The first kappa shape index (κ1) is 14.4. The topological polar surface area (TPSA) is 56.3 Å². The van der Waals surface area contributed by atoms with Crippen molar-refractivity contribution < 1.29 is 14.3 Å².